The Hall–Kier alpha value is -1.93. The zero-order valence-electron chi connectivity index (χ0n) is 8.61. The molecule has 1 aromatic carbocycles. The first-order valence-electron chi connectivity index (χ1n) is 4.57. The summed E-state index contributed by atoms with van der Waals surface area (Å²) in [6.45, 7) is 1.27. The lowest BCUT2D eigenvalue weighted by Crippen LogP contribution is -2.19. The topological polar surface area (TPSA) is 70.3 Å². The third kappa shape index (κ3) is 3.04. The number of halogens is 1. The summed E-state index contributed by atoms with van der Waals surface area (Å²) in [4.78, 5) is 10.5. The highest BCUT2D eigenvalue weighted by Crippen LogP contribution is 2.12. The Kier molecular flexibility index (Phi) is 3.97. The summed E-state index contributed by atoms with van der Waals surface area (Å²) in [6, 6.07) is 5.54. The van der Waals surface area contributed by atoms with Gasteiger partial charge in [-0.15, -0.1) is 0 Å². The molecule has 0 amide bonds. The molecule has 0 radical (unpaired) electrons. The fourth-order valence-electron chi connectivity index (χ4n) is 1.08. The van der Waals surface area contributed by atoms with Crippen molar-refractivity contribution in [2.75, 3.05) is 0 Å². The van der Waals surface area contributed by atoms with Crippen LogP contribution in [0.25, 0.3) is 0 Å². The summed E-state index contributed by atoms with van der Waals surface area (Å²) in [5, 5.41) is 17.3. The maximum absolute atomic E-state index is 12.9. The number of nitriles is 1. The predicted molar refractivity (Wildman–Crippen MR) is 53.0 cm³/mol. The molecule has 0 spiro atoms. The van der Waals surface area contributed by atoms with Crippen LogP contribution in [-0.2, 0) is 16.1 Å². The van der Waals surface area contributed by atoms with Crippen LogP contribution in [0.15, 0.2) is 18.2 Å². The molecule has 0 bridgehead atoms. The second kappa shape index (κ2) is 5.24. The number of carboxylic acid groups (broad SMARTS) is 1. The van der Waals surface area contributed by atoms with Crippen molar-refractivity contribution in [1.82, 2.24) is 0 Å². The van der Waals surface area contributed by atoms with Crippen LogP contribution in [0.5, 0.6) is 0 Å². The van der Waals surface area contributed by atoms with E-state index in [9.17, 15) is 9.18 Å². The van der Waals surface area contributed by atoms with E-state index in [1.54, 1.807) is 0 Å². The van der Waals surface area contributed by atoms with E-state index in [-0.39, 0.29) is 12.2 Å². The van der Waals surface area contributed by atoms with Gasteiger partial charge in [-0.05, 0) is 30.7 Å². The number of carbonyl (C=O) groups is 1. The Labute approximate surface area is 91.9 Å². The zero-order valence-corrected chi connectivity index (χ0v) is 8.61. The van der Waals surface area contributed by atoms with E-state index in [0.29, 0.717) is 5.56 Å². The molecule has 1 aromatic rings. The second-order valence-electron chi connectivity index (χ2n) is 3.20. The maximum Gasteiger partial charge on any atom is 0.332 e. The molecule has 0 saturated heterocycles. The number of ether oxygens (including phenoxy) is 1. The minimum absolute atomic E-state index is 0.103. The van der Waals surface area contributed by atoms with Gasteiger partial charge in [0.15, 0.2) is 6.10 Å². The van der Waals surface area contributed by atoms with Crippen molar-refractivity contribution < 1.29 is 19.0 Å². The van der Waals surface area contributed by atoms with Gasteiger partial charge >= 0.3 is 5.97 Å². The van der Waals surface area contributed by atoms with Gasteiger partial charge in [-0.2, -0.15) is 5.26 Å². The van der Waals surface area contributed by atoms with E-state index in [2.05, 4.69) is 0 Å². The lowest BCUT2D eigenvalue weighted by atomic mass is 10.1. The average Bonchev–Trinajstić information content (AvgIpc) is 2.25. The molecule has 0 aliphatic heterocycles. The number of nitrogens with zero attached hydrogens (tertiary/aromatic N) is 1. The molecule has 0 aromatic heterocycles. The molecule has 0 unspecified atom stereocenters. The van der Waals surface area contributed by atoms with Crippen molar-refractivity contribution in [2.45, 2.75) is 19.6 Å². The molecule has 1 N–H and O–H groups in total. The molecule has 1 rings (SSSR count). The summed E-state index contributed by atoms with van der Waals surface area (Å²) < 4.78 is 17.9. The van der Waals surface area contributed by atoms with Gasteiger partial charge in [-0.25, -0.2) is 9.18 Å². The van der Waals surface area contributed by atoms with Crippen molar-refractivity contribution >= 4 is 5.97 Å². The number of hydrogen-bond acceptors (Lipinski definition) is 3. The first-order chi connectivity index (χ1) is 7.54. The molecule has 16 heavy (non-hydrogen) atoms. The Morgan fingerprint density at radius 1 is 1.69 bits per heavy atom. The Morgan fingerprint density at radius 2 is 2.38 bits per heavy atom. The monoisotopic (exact) mass is 223 g/mol. The van der Waals surface area contributed by atoms with Crippen LogP contribution < -0.4 is 0 Å². The number of hydrogen-bond donors (Lipinski definition) is 1. The van der Waals surface area contributed by atoms with Gasteiger partial charge in [0.2, 0.25) is 0 Å². The molecule has 1 atom stereocenters. The fraction of sp³-hybridized carbons (Fsp3) is 0.273. The third-order valence-corrected chi connectivity index (χ3v) is 2.02. The third-order valence-electron chi connectivity index (χ3n) is 2.02. The molecule has 0 aliphatic rings. The van der Waals surface area contributed by atoms with Crippen molar-refractivity contribution in [2.24, 2.45) is 0 Å². The van der Waals surface area contributed by atoms with Crippen LogP contribution in [0.2, 0.25) is 0 Å². The van der Waals surface area contributed by atoms with Gasteiger partial charge < -0.3 is 9.84 Å². The normalized spacial score (nSPS) is 11.8. The fourth-order valence-corrected chi connectivity index (χ4v) is 1.08. The number of aliphatic carboxylic acids is 1. The molecule has 0 fully saturated rings. The van der Waals surface area contributed by atoms with Crippen molar-refractivity contribution in [3.05, 3.63) is 35.1 Å². The molecule has 0 saturated carbocycles. The standard InChI is InChI=1S/C11H10FNO3/c1-7(11(14)15)16-6-9-4-10(12)3-2-8(9)5-13/h2-4,7H,6H2,1H3,(H,14,15)/t7-/m1/s1. The van der Waals surface area contributed by atoms with Crippen LogP contribution in [0.1, 0.15) is 18.1 Å². The number of rotatable bonds is 4. The van der Waals surface area contributed by atoms with Crippen LogP contribution in [-0.4, -0.2) is 17.2 Å². The first kappa shape index (κ1) is 12.1. The van der Waals surface area contributed by atoms with Crippen molar-refractivity contribution in [3.63, 3.8) is 0 Å². The molecular weight excluding hydrogens is 213 g/mol. The van der Waals surface area contributed by atoms with E-state index in [4.69, 9.17) is 15.1 Å². The molecular formula is C11H10FNO3. The SMILES string of the molecule is C[C@@H](OCc1cc(F)ccc1C#N)C(=O)O. The van der Waals surface area contributed by atoms with Crippen LogP contribution in [0, 0.1) is 17.1 Å². The Morgan fingerprint density at radius 3 is 2.94 bits per heavy atom. The van der Waals surface area contributed by atoms with Crippen LogP contribution >= 0.6 is 0 Å². The Balaban J connectivity index is 2.77. The highest BCUT2D eigenvalue weighted by atomic mass is 19.1. The minimum atomic E-state index is -1.10. The summed E-state index contributed by atoms with van der Waals surface area (Å²) in [5.74, 6) is -1.59. The smallest absolute Gasteiger partial charge is 0.332 e. The molecule has 0 heterocycles. The van der Waals surface area contributed by atoms with E-state index in [1.807, 2.05) is 6.07 Å². The van der Waals surface area contributed by atoms with Gasteiger partial charge in [0, 0.05) is 0 Å². The minimum Gasteiger partial charge on any atom is -0.479 e. The van der Waals surface area contributed by atoms with Gasteiger partial charge in [-0.1, -0.05) is 0 Å². The van der Waals surface area contributed by atoms with Crippen molar-refractivity contribution in [1.29, 1.82) is 5.26 Å². The molecule has 84 valence electrons. The second-order valence-corrected chi connectivity index (χ2v) is 3.20. The van der Waals surface area contributed by atoms with E-state index in [0.717, 1.165) is 6.07 Å². The zero-order chi connectivity index (χ0) is 12.1. The largest absolute Gasteiger partial charge is 0.479 e. The summed E-state index contributed by atoms with van der Waals surface area (Å²) in [6.07, 6.45) is -0.991. The van der Waals surface area contributed by atoms with Gasteiger partial charge in [0.25, 0.3) is 0 Å². The Bertz CT molecular complexity index is 439. The first-order valence-corrected chi connectivity index (χ1v) is 4.57. The molecule has 4 nitrogen and oxygen atoms in total. The van der Waals surface area contributed by atoms with Crippen molar-refractivity contribution in [3.8, 4) is 6.07 Å². The molecule has 0 aliphatic carbocycles. The summed E-state index contributed by atoms with van der Waals surface area (Å²) >= 11 is 0. The maximum atomic E-state index is 12.9. The highest BCUT2D eigenvalue weighted by molar-refractivity contribution is 5.71. The van der Waals surface area contributed by atoms with E-state index < -0.39 is 17.9 Å². The van der Waals surface area contributed by atoms with E-state index in [1.165, 1.54) is 19.1 Å². The summed E-state index contributed by atoms with van der Waals surface area (Å²) in [5.41, 5.74) is 0.620. The molecule has 5 heteroatoms. The number of benzene rings is 1. The van der Waals surface area contributed by atoms with Gasteiger partial charge in [0.1, 0.15) is 5.82 Å². The summed E-state index contributed by atoms with van der Waals surface area (Å²) in [7, 11) is 0. The van der Waals surface area contributed by atoms with Crippen LogP contribution in [0.4, 0.5) is 4.39 Å². The van der Waals surface area contributed by atoms with Crippen LogP contribution in [0.3, 0.4) is 0 Å². The van der Waals surface area contributed by atoms with Gasteiger partial charge in [0.05, 0.1) is 18.2 Å². The highest BCUT2D eigenvalue weighted by Gasteiger charge is 2.12. The average molecular weight is 223 g/mol. The lowest BCUT2D eigenvalue weighted by Gasteiger charge is -2.09. The van der Waals surface area contributed by atoms with Gasteiger partial charge in [-0.3, -0.25) is 0 Å². The number of carboxylic acids is 1. The van der Waals surface area contributed by atoms with E-state index >= 15 is 0 Å². The quantitative estimate of drug-likeness (QED) is 0.843. The lowest BCUT2D eigenvalue weighted by molar-refractivity contribution is -0.149. The predicted octanol–water partition coefficient (Wildman–Crippen LogP) is 1.69.